The van der Waals surface area contributed by atoms with Crippen LogP contribution in [-0.2, 0) is 9.53 Å². The predicted octanol–water partition coefficient (Wildman–Crippen LogP) is 4.52. The van der Waals surface area contributed by atoms with E-state index in [0.717, 1.165) is 32.1 Å². The number of esters is 1. The average Bonchev–Trinajstić information content (AvgIpc) is 2.56. The summed E-state index contributed by atoms with van der Waals surface area (Å²) in [6.45, 7) is 3.29. The van der Waals surface area contributed by atoms with Crippen LogP contribution in [0.25, 0.3) is 0 Å². The molecule has 4 aliphatic carbocycles. The summed E-state index contributed by atoms with van der Waals surface area (Å²) in [4.78, 5) is 13.1. The van der Waals surface area contributed by atoms with Crippen molar-refractivity contribution in [2.45, 2.75) is 81.5 Å². The number of carbonyl (C=O) groups excluding carboxylic acids is 1. The van der Waals surface area contributed by atoms with E-state index in [4.69, 9.17) is 16.3 Å². The van der Waals surface area contributed by atoms with Gasteiger partial charge in [-0.3, -0.25) is 4.79 Å². The molecule has 4 heteroatoms. The van der Waals surface area contributed by atoms with Crippen molar-refractivity contribution < 1.29 is 14.0 Å². The van der Waals surface area contributed by atoms with E-state index in [9.17, 15) is 4.79 Å². The fourth-order valence-corrected chi connectivity index (χ4v) is 8.85. The van der Waals surface area contributed by atoms with Crippen molar-refractivity contribution in [2.24, 2.45) is 23.2 Å². The number of alkyl halides is 1. The molecule has 2 saturated heterocycles. The lowest BCUT2D eigenvalue weighted by Crippen LogP contribution is -2.61. The number of hydrogen-bond donors (Lipinski definition) is 0. The molecule has 4 bridgehead atoms. The Morgan fingerprint density at radius 1 is 1.08 bits per heavy atom. The number of nitrogens with zero attached hydrogens (tertiary/aromatic N) is 1. The minimum absolute atomic E-state index is 0.104. The van der Waals surface area contributed by atoms with Crippen molar-refractivity contribution in [3.63, 3.8) is 0 Å². The largest absolute Gasteiger partial charge is 0.465 e. The van der Waals surface area contributed by atoms with Gasteiger partial charge in [0.05, 0.1) is 38.2 Å². The number of hydrogen-bond acceptors (Lipinski definition) is 2. The van der Waals surface area contributed by atoms with Crippen LogP contribution in [-0.4, -0.2) is 48.1 Å². The molecule has 0 unspecified atom stereocenters. The lowest BCUT2D eigenvalue weighted by molar-refractivity contribution is -0.947. The molecule has 4 saturated carbocycles. The Kier molecular flexibility index (Phi) is 4.18. The van der Waals surface area contributed by atoms with Gasteiger partial charge < -0.3 is 9.22 Å². The van der Waals surface area contributed by atoms with Gasteiger partial charge in [0.25, 0.3) is 0 Å². The maximum absolute atomic E-state index is 13.2. The van der Waals surface area contributed by atoms with Gasteiger partial charge in [0.15, 0.2) is 0 Å². The van der Waals surface area contributed by atoms with E-state index in [-0.39, 0.29) is 16.3 Å². The Bertz CT molecular complexity index is 575. The lowest BCUT2D eigenvalue weighted by atomic mass is 9.49. The predicted molar refractivity (Wildman–Crippen MR) is 103 cm³/mol. The number of carbonyl (C=O) groups is 1. The van der Waals surface area contributed by atoms with Crippen molar-refractivity contribution in [2.75, 3.05) is 26.7 Å². The quantitative estimate of drug-likeness (QED) is 0.409. The highest BCUT2D eigenvalue weighted by Gasteiger charge is 2.61. The third-order valence-corrected chi connectivity index (χ3v) is 9.30. The number of ether oxygens (including phenoxy) is 1. The number of fused-ring (bicyclic) bond motifs is 1. The van der Waals surface area contributed by atoms with E-state index in [1.54, 1.807) is 0 Å². The van der Waals surface area contributed by atoms with E-state index in [0.29, 0.717) is 30.4 Å². The smallest absolute Gasteiger partial charge is 0.312 e. The van der Waals surface area contributed by atoms with E-state index in [1.807, 2.05) is 0 Å². The van der Waals surface area contributed by atoms with Crippen molar-refractivity contribution >= 4 is 17.6 Å². The van der Waals surface area contributed by atoms with Crippen LogP contribution in [0.4, 0.5) is 0 Å². The van der Waals surface area contributed by atoms with Crippen LogP contribution < -0.4 is 0 Å². The first-order chi connectivity index (χ1) is 12.4. The SMILES string of the molecule is C[N@@+]12CCCC[C@@H]1[C@H](COC(=O)C13C[C@H]4C[C@@H](CC(Cl)(C4)C1)C3)CCC2. The second-order valence-electron chi connectivity index (χ2n) is 10.9. The van der Waals surface area contributed by atoms with Crippen molar-refractivity contribution in [1.29, 1.82) is 0 Å². The minimum Gasteiger partial charge on any atom is -0.465 e. The third kappa shape index (κ3) is 2.83. The van der Waals surface area contributed by atoms with Crippen LogP contribution in [0.3, 0.4) is 0 Å². The molecule has 6 rings (SSSR count). The van der Waals surface area contributed by atoms with E-state index >= 15 is 0 Å². The molecule has 2 aliphatic heterocycles. The number of halogens is 1. The Hall–Kier alpha value is -0.280. The van der Waals surface area contributed by atoms with Gasteiger partial charge in [-0.2, -0.15) is 0 Å². The van der Waals surface area contributed by atoms with Gasteiger partial charge in [0, 0.05) is 17.2 Å². The molecule has 0 N–H and O–H groups in total. The molecule has 146 valence electrons. The Labute approximate surface area is 163 Å². The molecule has 26 heavy (non-hydrogen) atoms. The summed E-state index contributed by atoms with van der Waals surface area (Å²) in [6.07, 6.45) is 13.1. The third-order valence-electron chi connectivity index (χ3n) is 8.86. The maximum atomic E-state index is 13.2. The number of rotatable bonds is 3. The van der Waals surface area contributed by atoms with Gasteiger partial charge in [0.2, 0.25) is 0 Å². The van der Waals surface area contributed by atoms with Gasteiger partial charge in [0.1, 0.15) is 0 Å². The maximum Gasteiger partial charge on any atom is 0.312 e. The zero-order chi connectivity index (χ0) is 18.0. The molecule has 5 atom stereocenters. The van der Waals surface area contributed by atoms with Crippen LogP contribution >= 0.6 is 11.6 Å². The number of quaternary nitrogens is 1. The minimum atomic E-state index is -0.245. The van der Waals surface area contributed by atoms with Gasteiger partial charge in [-0.15, -0.1) is 11.6 Å². The summed E-state index contributed by atoms with van der Waals surface area (Å²) in [5, 5.41) is 0. The highest BCUT2D eigenvalue weighted by Crippen LogP contribution is 2.64. The zero-order valence-electron chi connectivity index (χ0n) is 16.4. The monoisotopic (exact) mass is 380 g/mol. The van der Waals surface area contributed by atoms with Gasteiger partial charge in [-0.25, -0.2) is 0 Å². The van der Waals surface area contributed by atoms with Gasteiger partial charge in [-0.1, -0.05) is 0 Å². The van der Waals surface area contributed by atoms with Gasteiger partial charge >= 0.3 is 5.97 Å². The van der Waals surface area contributed by atoms with E-state index in [1.165, 1.54) is 56.1 Å². The zero-order valence-corrected chi connectivity index (χ0v) is 17.1. The average molecular weight is 381 g/mol. The van der Waals surface area contributed by atoms with Crippen LogP contribution in [0.2, 0.25) is 0 Å². The van der Waals surface area contributed by atoms with Crippen molar-refractivity contribution in [3.8, 4) is 0 Å². The van der Waals surface area contributed by atoms with Crippen LogP contribution in [0.1, 0.15) is 70.6 Å². The van der Waals surface area contributed by atoms with Crippen molar-refractivity contribution in [1.82, 2.24) is 0 Å². The van der Waals surface area contributed by atoms with Crippen LogP contribution in [0, 0.1) is 23.2 Å². The molecule has 3 nitrogen and oxygen atoms in total. The summed E-state index contributed by atoms with van der Waals surface area (Å²) in [5.74, 6) is 1.99. The Morgan fingerprint density at radius 2 is 1.81 bits per heavy atom. The van der Waals surface area contributed by atoms with Crippen LogP contribution in [0.15, 0.2) is 0 Å². The Balaban J connectivity index is 1.26. The molecular formula is C22H35ClNO2+. The molecule has 0 aromatic rings. The standard InChI is InChI=1S/C22H35ClNO2/c1-24-7-3-2-6-19(24)18(5-4-8-24)14-26-20(25)21-10-16-9-17(11-21)13-22(23,12-16)15-21/h16-19H,2-15H2,1H3/q+1/t16-,17-,18+,19-,21?,22?,24+/m1/s1. The summed E-state index contributed by atoms with van der Waals surface area (Å²) in [6, 6.07) is 0.709. The summed E-state index contributed by atoms with van der Waals surface area (Å²) < 4.78 is 7.32. The first-order valence-corrected chi connectivity index (χ1v) is 11.5. The van der Waals surface area contributed by atoms with Gasteiger partial charge in [-0.05, 0) is 76.0 Å². The molecule has 2 heterocycles. The first-order valence-electron chi connectivity index (χ1n) is 11.1. The fourth-order valence-electron chi connectivity index (χ4n) is 8.15. The van der Waals surface area contributed by atoms with Crippen molar-refractivity contribution in [3.05, 3.63) is 0 Å². The second kappa shape index (κ2) is 6.11. The second-order valence-corrected chi connectivity index (χ2v) is 11.7. The summed E-state index contributed by atoms with van der Waals surface area (Å²) in [7, 11) is 2.44. The molecule has 0 aromatic heterocycles. The van der Waals surface area contributed by atoms with Crippen LogP contribution in [0.5, 0.6) is 0 Å². The fraction of sp³-hybridized carbons (Fsp3) is 0.955. The molecule has 6 fully saturated rings. The van der Waals surface area contributed by atoms with E-state index < -0.39 is 0 Å². The van der Waals surface area contributed by atoms with E-state index in [2.05, 4.69) is 7.05 Å². The lowest BCUT2D eigenvalue weighted by Gasteiger charge is -2.58. The first kappa shape index (κ1) is 17.8. The normalized spacial score (nSPS) is 52.5. The molecule has 0 amide bonds. The topological polar surface area (TPSA) is 26.3 Å². The Morgan fingerprint density at radius 3 is 2.54 bits per heavy atom. The highest BCUT2D eigenvalue weighted by atomic mass is 35.5. The molecule has 6 aliphatic rings. The molecule has 0 aromatic carbocycles. The number of piperidine rings is 2. The summed E-state index contributed by atoms with van der Waals surface area (Å²) in [5.41, 5.74) is -0.245. The molecular weight excluding hydrogens is 346 g/mol. The molecule has 0 radical (unpaired) electrons. The summed E-state index contributed by atoms with van der Waals surface area (Å²) >= 11 is 6.91. The molecule has 0 spiro atoms. The highest BCUT2D eigenvalue weighted by molar-refractivity contribution is 6.24.